The van der Waals surface area contributed by atoms with Gasteiger partial charge in [-0.25, -0.2) is 0 Å². The third kappa shape index (κ3) is 4.16. The summed E-state index contributed by atoms with van der Waals surface area (Å²) in [6.07, 6.45) is 6.75. The van der Waals surface area contributed by atoms with E-state index in [2.05, 4.69) is 36.0 Å². The first-order valence-corrected chi connectivity index (χ1v) is 7.29. The first-order valence-electron chi connectivity index (χ1n) is 7.29. The molecule has 1 saturated carbocycles. The van der Waals surface area contributed by atoms with Crippen LogP contribution in [0.5, 0.6) is 0 Å². The van der Waals surface area contributed by atoms with Crippen LogP contribution in [0.25, 0.3) is 0 Å². The molecular weight excluding hydrogens is 224 g/mol. The predicted molar refractivity (Wildman–Crippen MR) is 76.7 cm³/mol. The summed E-state index contributed by atoms with van der Waals surface area (Å²) >= 11 is 0. The zero-order valence-electron chi connectivity index (χ0n) is 12.1. The molecule has 3 N–H and O–H groups in total. The van der Waals surface area contributed by atoms with Crippen LogP contribution in [0.3, 0.4) is 0 Å². The third-order valence-electron chi connectivity index (χ3n) is 3.66. The summed E-state index contributed by atoms with van der Waals surface area (Å²) in [5, 5.41) is 3.23. The topological polar surface area (TPSA) is 53.6 Å². The molecule has 1 heterocycles. The average molecular weight is 252 g/mol. The Morgan fingerprint density at radius 2 is 2.00 bits per heavy atom. The quantitative estimate of drug-likeness (QED) is 0.594. The third-order valence-corrected chi connectivity index (χ3v) is 3.66. The second-order valence-electron chi connectivity index (χ2n) is 6.72. The predicted octanol–water partition coefficient (Wildman–Crippen LogP) is 1.71. The molecule has 0 aromatic heterocycles. The second kappa shape index (κ2) is 5.47. The van der Waals surface area contributed by atoms with Gasteiger partial charge in [-0.3, -0.25) is 9.89 Å². The summed E-state index contributed by atoms with van der Waals surface area (Å²) in [5.41, 5.74) is 5.93. The van der Waals surface area contributed by atoms with Crippen LogP contribution in [0.2, 0.25) is 0 Å². The van der Waals surface area contributed by atoms with Crippen LogP contribution >= 0.6 is 0 Å². The van der Waals surface area contributed by atoms with E-state index in [1.54, 1.807) is 0 Å². The molecular formula is C14H28N4. The summed E-state index contributed by atoms with van der Waals surface area (Å²) in [7, 11) is 0. The van der Waals surface area contributed by atoms with Crippen LogP contribution in [0, 0.1) is 0 Å². The van der Waals surface area contributed by atoms with Crippen molar-refractivity contribution in [2.24, 2.45) is 10.7 Å². The molecule has 0 spiro atoms. The van der Waals surface area contributed by atoms with E-state index in [0.29, 0.717) is 12.0 Å². The maximum atomic E-state index is 5.93. The maximum absolute atomic E-state index is 5.93. The number of nitrogens with zero attached hydrogens (tertiary/aromatic N) is 2. The van der Waals surface area contributed by atoms with E-state index in [-0.39, 0.29) is 5.54 Å². The molecule has 4 heteroatoms. The van der Waals surface area contributed by atoms with Gasteiger partial charge in [-0.2, -0.15) is 0 Å². The van der Waals surface area contributed by atoms with Gasteiger partial charge >= 0.3 is 0 Å². The molecule has 104 valence electrons. The fourth-order valence-electron chi connectivity index (χ4n) is 2.73. The van der Waals surface area contributed by atoms with Crippen LogP contribution in [-0.4, -0.2) is 41.6 Å². The molecule has 1 saturated heterocycles. The van der Waals surface area contributed by atoms with E-state index < -0.39 is 0 Å². The molecule has 1 atom stereocenters. The lowest BCUT2D eigenvalue weighted by molar-refractivity contribution is 0.144. The van der Waals surface area contributed by atoms with Gasteiger partial charge in [-0.1, -0.05) is 6.42 Å². The van der Waals surface area contributed by atoms with E-state index in [4.69, 9.17) is 5.73 Å². The van der Waals surface area contributed by atoms with Gasteiger partial charge in [0.05, 0.1) is 6.54 Å². The highest BCUT2D eigenvalue weighted by Gasteiger charge is 2.34. The summed E-state index contributed by atoms with van der Waals surface area (Å²) in [4.78, 5) is 7.20. The number of likely N-dealkylation sites (tertiary alicyclic amines) is 1. The van der Waals surface area contributed by atoms with Gasteiger partial charge in [0.1, 0.15) is 0 Å². The molecule has 0 amide bonds. The second-order valence-corrected chi connectivity index (χ2v) is 6.72. The minimum Gasteiger partial charge on any atom is -0.370 e. The van der Waals surface area contributed by atoms with Crippen LogP contribution in [-0.2, 0) is 0 Å². The van der Waals surface area contributed by atoms with Gasteiger partial charge in [0.2, 0.25) is 0 Å². The number of hydrogen-bond acceptors (Lipinski definition) is 2. The minimum absolute atomic E-state index is 0.00364. The van der Waals surface area contributed by atoms with E-state index in [1.807, 2.05) is 0 Å². The van der Waals surface area contributed by atoms with E-state index >= 15 is 0 Å². The number of nitrogens with two attached hydrogens (primary N) is 1. The Hall–Kier alpha value is -0.770. The monoisotopic (exact) mass is 252 g/mol. The van der Waals surface area contributed by atoms with Gasteiger partial charge in [0.25, 0.3) is 0 Å². The van der Waals surface area contributed by atoms with Gasteiger partial charge in [-0.05, 0) is 53.0 Å². The molecule has 2 fully saturated rings. The number of aliphatic imine (C=N–C) groups is 1. The van der Waals surface area contributed by atoms with Gasteiger partial charge in [0.15, 0.2) is 5.96 Å². The smallest absolute Gasteiger partial charge is 0.189 e. The van der Waals surface area contributed by atoms with Crippen molar-refractivity contribution in [2.45, 2.75) is 70.5 Å². The molecule has 2 aliphatic rings. The van der Waals surface area contributed by atoms with Crippen molar-refractivity contribution in [3.8, 4) is 0 Å². The van der Waals surface area contributed by atoms with Crippen molar-refractivity contribution in [2.75, 3.05) is 13.1 Å². The molecule has 4 nitrogen and oxygen atoms in total. The minimum atomic E-state index is -0.00364. The summed E-state index contributed by atoms with van der Waals surface area (Å²) in [5.74, 6) is 0.587. The Morgan fingerprint density at radius 1 is 1.28 bits per heavy atom. The number of rotatable bonds is 3. The number of nitrogens with one attached hydrogen (secondary N) is 1. The average Bonchev–Trinajstić information content (AvgIpc) is 3.08. The lowest BCUT2D eigenvalue weighted by Crippen LogP contribution is -2.47. The van der Waals surface area contributed by atoms with E-state index in [1.165, 1.54) is 38.6 Å². The molecule has 1 aliphatic heterocycles. The standard InChI is InChI=1S/C14H28N4/c1-14(2,3)17-13(15)16-10-12-6-4-5-9-18(12)11-7-8-11/h11-12H,4-10H2,1-3H3,(H3,15,16,17). The molecule has 1 unspecified atom stereocenters. The lowest BCUT2D eigenvalue weighted by atomic mass is 10.0. The zero-order valence-corrected chi connectivity index (χ0v) is 12.1. The Kier molecular flexibility index (Phi) is 4.15. The highest BCUT2D eigenvalue weighted by molar-refractivity contribution is 5.78. The normalized spacial score (nSPS) is 27.3. The van der Waals surface area contributed by atoms with Crippen LogP contribution in [0.1, 0.15) is 52.9 Å². The molecule has 0 aromatic rings. The summed E-state index contributed by atoms with van der Waals surface area (Å²) in [6.45, 7) is 8.42. The number of hydrogen-bond donors (Lipinski definition) is 2. The number of piperidine rings is 1. The highest BCUT2D eigenvalue weighted by atomic mass is 15.2. The lowest BCUT2D eigenvalue weighted by Gasteiger charge is -2.35. The van der Waals surface area contributed by atoms with Crippen LogP contribution in [0.15, 0.2) is 4.99 Å². The fourth-order valence-corrected chi connectivity index (χ4v) is 2.73. The first kappa shape index (κ1) is 13.7. The van der Waals surface area contributed by atoms with Gasteiger partial charge in [0, 0.05) is 17.6 Å². The summed E-state index contributed by atoms with van der Waals surface area (Å²) in [6, 6.07) is 1.47. The van der Waals surface area contributed by atoms with Crippen LogP contribution < -0.4 is 11.1 Å². The Labute approximate surface area is 111 Å². The van der Waals surface area contributed by atoms with Crippen molar-refractivity contribution >= 4 is 5.96 Å². The van der Waals surface area contributed by atoms with Crippen molar-refractivity contribution in [1.29, 1.82) is 0 Å². The number of guanidine groups is 1. The molecule has 1 aliphatic carbocycles. The zero-order chi connectivity index (χ0) is 13.2. The van der Waals surface area contributed by atoms with Gasteiger partial charge in [-0.15, -0.1) is 0 Å². The van der Waals surface area contributed by atoms with Crippen molar-refractivity contribution in [1.82, 2.24) is 10.2 Å². The fraction of sp³-hybridized carbons (Fsp3) is 0.929. The summed E-state index contributed by atoms with van der Waals surface area (Å²) < 4.78 is 0. The van der Waals surface area contributed by atoms with Crippen molar-refractivity contribution in [3.05, 3.63) is 0 Å². The van der Waals surface area contributed by atoms with Crippen LogP contribution in [0.4, 0.5) is 0 Å². The van der Waals surface area contributed by atoms with E-state index in [0.717, 1.165) is 12.6 Å². The molecule has 0 aromatic carbocycles. The Balaban J connectivity index is 1.85. The Bertz CT molecular complexity index is 301. The maximum Gasteiger partial charge on any atom is 0.189 e. The van der Waals surface area contributed by atoms with E-state index in [9.17, 15) is 0 Å². The Morgan fingerprint density at radius 3 is 2.61 bits per heavy atom. The highest BCUT2D eigenvalue weighted by Crippen LogP contribution is 2.32. The van der Waals surface area contributed by atoms with Crippen molar-refractivity contribution in [3.63, 3.8) is 0 Å². The first-order chi connectivity index (χ1) is 8.46. The molecule has 18 heavy (non-hydrogen) atoms. The largest absolute Gasteiger partial charge is 0.370 e. The van der Waals surface area contributed by atoms with Crippen molar-refractivity contribution < 1.29 is 0 Å². The molecule has 2 rings (SSSR count). The molecule has 0 radical (unpaired) electrons. The van der Waals surface area contributed by atoms with Gasteiger partial charge < -0.3 is 11.1 Å². The molecule has 0 bridgehead atoms. The SMILES string of the molecule is CC(C)(C)NC(N)=NCC1CCCCN1C1CC1.